The molecule has 0 rings (SSSR count). The molecule has 3 heteroatoms. The van der Waals surface area contributed by atoms with Crippen molar-refractivity contribution in [1.29, 1.82) is 0 Å². The lowest BCUT2D eigenvalue weighted by Gasteiger charge is -2.36. The molecule has 1 unspecified atom stereocenters. The Balaban J connectivity index is 4.30. The lowest BCUT2D eigenvalue weighted by Crippen LogP contribution is -2.45. The fraction of sp³-hybridized carbons (Fsp3) is 0.909. The highest BCUT2D eigenvalue weighted by molar-refractivity contribution is 5.69. The lowest BCUT2D eigenvalue weighted by molar-refractivity contribution is -0.142. The van der Waals surface area contributed by atoms with Crippen molar-refractivity contribution in [2.24, 2.45) is 5.92 Å². The van der Waals surface area contributed by atoms with E-state index in [9.17, 15) is 4.79 Å². The first-order valence-corrected chi connectivity index (χ1v) is 5.27. The van der Waals surface area contributed by atoms with Crippen LogP contribution in [0.4, 0.5) is 0 Å². The standard InChI is InChI=1S/C11H23NO2/c1-6-7-12(11(3,4)5)8-9(2)10(13)14/h9H,6-8H2,1-5H3,(H,13,14). The van der Waals surface area contributed by atoms with Crippen molar-refractivity contribution in [2.45, 2.75) is 46.6 Å². The molecule has 0 bridgehead atoms. The first kappa shape index (κ1) is 13.4. The van der Waals surface area contributed by atoms with Gasteiger partial charge >= 0.3 is 5.97 Å². The van der Waals surface area contributed by atoms with Crippen molar-refractivity contribution in [3.8, 4) is 0 Å². The molecule has 14 heavy (non-hydrogen) atoms. The Hall–Kier alpha value is -0.570. The second-order valence-electron chi connectivity index (χ2n) is 4.86. The molecule has 0 aliphatic carbocycles. The normalized spacial score (nSPS) is 14.4. The monoisotopic (exact) mass is 201 g/mol. The summed E-state index contributed by atoms with van der Waals surface area (Å²) in [6, 6.07) is 0. The Morgan fingerprint density at radius 1 is 1.43 bits per heavy atom. The maximum absolute atomic E-state index is 10.7. The number of aliphatic carboxylic acids is 1. The second kappa shape index (κ2) is 5.35. The Morgan fingerprint density at radius 2 is 1.93 bits per heavy atom. The van der Waals surface area contributed by atoms with E-state index in [2.05, 4.69) is 32.6 Å². The van der Waals surface area contributed by atoms with Gasteiger partial charge in [-0.3, -0.25) is 9.69 Å². The van der Waals surface area contributed by atoms with E-state index in [1.54, 1.807) is 6.92 Å². The summed E-state index contributed by atoms with van der Waals surface area (Å²) in [5, 5.41) is 8.84. The minimum absolute atomic E-state index is 0.0553. The van der Waals surface area contributed by atoms with Crippen LogP contribution >= 0.6 is 0 Å². The minimum atomic E-state index is -0.713. The zero-order valence-electron chi connectivity index (χ0n) is 10.0. The molecule has 0 aliphatic rings. The van der Waals surface area contributed by atoms with Crippen molar-refractivity contribution < 1.29 is 9.90 Å². The summed E-state index contributed by atoms with van der Waals surface area (Å²) < 4.78 is 0. The summed E-state index contributed by atoms with van der Waals surface area (Å²) in [6.45, 7) is 11.8. The molecule has 0 spiro atoms. The fourth-order valence-corrected chi connectivity index (χ4v) is 1.38. The predicted molar refractivity (Wildman–Crippen MR) is 58.4 cm³/mol. The first-order chi connectivity index (χ1) is 6.29. The molecule has 0 saturated heterocycles. The van der Waals surface area contributed by atoms with Gasteiger partial charge in [-0.25, -0.2) is 0 Å². The lowest BCUT2D eigenvalue weighted by atomic mass is 10.0. The molecule has 0 aromatic carbocycles. The van der Waals surface area contributed by atoms with Crippen LogP contribution in [0.5, 0.6) is 0 Å². The number of hydrogen-bond donors (Lipinski definition) is 1. The van der Waals surface area contributed by atoms with Gasteiger partial charge in [0.2, 0.25) is 0 Å². The van der Waals surface area contributed by atoms with Gasteiger partial charge in [-0.1, -0.05) is 13.8 Å². The number of rotatable bonds is 5. The van der Waals surface area contributed by atoms with Gasteiger partial charge in [0.25, 0.3) is 0 Å². The maximum Gasteiger partial charge on any atom is 0.307 e. The molecule has 0 saturated carbocycles. The Morgan fingerprint density at radius 3 is 2.21 bits per heavy atom. The number of nitrogens with zero attached hydrogens (tertiary/aromatic N) is 1. The van der Waals surface area contributed by atoms with Crippen LogP contribution in [0, 0.1) is 5.92 Å². The van der Waals surface area contributed by atoms with E-state index in [-0.39, 0.29) is 11.5 Å². The average Bonchev–Trinajstić information content (AvgIpc) is 2.01. The molecule has 84 valence electrons. The van der Waals surface area contributed by atoms with Crippen molar-refractivity contribution in [2.75, 3.05) is 13.1 Å². The van der Waals surface area contributed by atoms with Crippen LogP contribution < -0.4 is 0 Å². The summed E-state index contributed by atoms with van der Waals surface area (Å²) in [5.41, 5.74) is 0.0553. The van der Waals surface area contributed by atoms with Gasteiger partial charge in [-0.05, 0) is 33.7 Å². The van der Waals surface area contributed by atoms with E-state index >= 15 is 0 Å². The van der Waals surface area contributed by atoms with Crippen LogP contribution in [0.3, 0.4) is 0 Å². The highest BCUT2D eigenvalue weighted by atomic mass is 16.4. The first-order valence-electron chi connectivity index (χ1n) is 5.27. The number of carbonyl (C=O) groups is 1. The molecule has 0 fully saturated rings. The SMILES string of the molecule is CCCN(CC(C)C(=O)O)C(C)(C)C. The average molecular weight is 201 g/mol. The molecule has 0 aliphatic heterocycles. The Labute approximate surface area is 87.1 Å². The summed E-state index contributed by atoms with van der Waals surface area (Å²) in [4.78, 5) is 13.0. The Bertz CT molecular complexity index is 184. The molecule has 0 aromatic heterocycles. The van der Waals surface area contributed by atoms with Crippen LogP contribution in [0.15, 0.2) is 0 Å². The summed E-state index contributed by atoms with van der Waals surface area (Å²) in [5.74, 6) is -1.00. The van der Waals surface area contributed by atoms with E-state index in [1.807, 2.05) is 0 Å². The number of carboxylic acid groups (broad SMARTS) is 1. The highest BCUT2D eigenvalue weighted by Gasteiger charge is 2.24. The molecule has 3 nitrogen and oxygen atoms in total. The fourth-order valence-electron chi connectivity index (χ4n) is 1.38. The second-order valence-corrected chi connectivity index (χ2v) is 4.86. The molecule has 1 atom stereocenters. The topological polar surface area (TPSA) is 40.5 Å². The van der Waals surface area contributed by atoms with Crippen LogP contribution in [0.1, 0.15) is 41.0 Å². The van der Waals surface area contributed by atoms with Crippen LogP contribution in [-0.4, -0.2) is 34.6 Å². The van der Waals surface area contributed by atoms with E-state index in [0.29, 0.717) is 6.54 Å². The van der Waals surface area contributed by atoms with Gasteiger partial charge < -0.3 is 5.11 Å². The predicted octanol–water partition coefficient (Wildman–Crippen LogP) is 2.22. The summed E-state index contributed by atoms with van der Waals surface area (Å²) in [7, 11) is 0. The van der Waals surface area contributed by atoms with Gasteiger partial charge in [0.1, 0.15) is 0 Å². The molecule has 0 heterocycles. The van der Waals surface area contributed by atoms with Gasteiger partial charge in [0.05, 0.1) is 5.92 Å². The van der Waals surface area contributed by atoms with Crippen LogP contribution in [0.2, 0.25) is 0 Å². The minimum Gasteiger partial charge on any atom is -0.481 e. The van der Waals surface area contributed by atoms with E-state index in [1.165, 1.54) is 0 Å². The summed E-state index contributed by atoms with van der Waals surface area (Å²) in [6.07, 6.45) is 1.06. The molecule has 1 N–H and O–H groups in total. The third-order valence-corrected chi connectivity index (χ3v) is 2.36. The number of carboxylic acids is 1. The molecular weight excluding hydrogens is 178 g/mol. The van der Waals surface area contributed by atoms with Crippen molar-refractivity contribution >= 4 is 5.97 Å². The van der Waals surface area contributed by atoms with E-state index < -0.39 is 5.97 Å². The van der Waals surface area contributed by atoms with Gasteiger partial charge in [-0.15, -0.1) is 0 Å². The van der Waals surface area contributed by atoms with E-state index in [4.69, 9.17) is 5.11 Å². The quantitative estimate of drug-likeness (QED) is 0.741. The zero-order chi connectivity index (χ0) is 11.4. The van der Waals surface area contributed by atoms with Gasteiger partial charge in [0.15, 0.2) is 0 Å². The smallest absolute Gasteiger partial charge is 0.307 e. The third-order valence-electron chi connectivity index (χ3n) is 2.36. The van der Waals surface area contributed by atoms with Gasteiger partial charge in [0, 0.05) is 12.1 Å². The van der Waals surface area contributed by atoms with Crippen LogP contribution in [-0.2, 0) is 4.79 Å². The molecule has 0 aromatic rings. The molecule has 0 amide bonds. The van der Waals surface area contributed by atoms with Crippen molar-refractivity contribution in [1.82, 2.24) is 4.90 Å². The Kier molecular flexibility index (Phi) is 5.13. The van der Waals surface area contributed by atoms with Crippen molar-refractivity contribution in [3.05, 3.63) is 0 Å². The van der Waals surface area contributed by atoms with Gasteiger partial charge in [-0.2, -0.15) is 0 Å². The zero-order valence-corrected chi connectivity index (χ0v) is 10.0. The van der Waals surface area contributed by atoms with E-state index in [0.717, 1.165) is 13.0 Å². The molecule has 0 radical (unpaired) electrons. The highest BCUT2D eigenvalue weighted by Crippen LogP contribution is 2.15. The number of hydrogen-bond acceptors (Lipinski definition) is 2. The summed E-state index contributed by atoms with van der Waals surface area (Å²) >= 11 is 0. The third kappa shape index (κ3) is 4.61. The largest absolute Gasteiger partial charge is 0.481 e. The van der Waals surface area contributed by atoms with Crippen LogP contribution in [0.25, 0.3) is 0 Å². The maximum atomic E-state index is 10.7. The van der Waals surface area contributed by atoms with Crippen molar-refractivity contribution in [3.63, 3.8) is 0 Å². The molecular formula is C11H23NO2.